The van der Waals surface area contributed by atoms with Gasteiger partial charge in [-0.3, -0.25) is 0 Å². The highest BCUT2D eigenvalue weighted by molar-refractivity contribution is 6.14. The molecule has 0 saturated carbocycles. The van der Waals surface area contributed by atoms with Crippen LogP contribution in [0.25, 0.3) is 55.3 Å². The molecule has 1 aliphatic heterocycles. The van der Waals surface area contributed by atoms with E-state index in [0.29, 0.717) is 5.84 Å². The molecule has 0 radical (unpaired) electrons. The Kier molecular flexibility index (Phi) is 9.46. The van der Waals surface area contributed by atoms with Gasteiger partial charge in [-0.1, -0.05) is 243 Å². The van der Waals surface area contributed by atoms with E-state index in [2.05, 4.69) is 242 Å². The summed E-state index contributed by atoms with van der Waals surface area (Å²) in [5, 5.41) is 6.12. The first-order valence-corrected chi connectivity index (χ1v) is 22.4. The maximum Gasteiger partial charge on any atom is 0.159 e. The quantitative estimate of drug-likeness (QED) is 0.163. The van der Waals surface area contributed by atoms with E-state index in [-0.39, 0.29) is 6.17 Å². The minimum absolute atomic E-state index is 0.314. The molecule has 0 bridgehead atoms. The lowest BCUT2D eigenvalue weighted by atomic mass is 9.67. The Hall–Kier alpha value is -8.40. The van der Waals surface area contributed by atoms with Gasteiger partial charge in [0.2, 0.25) is 0 Å². The fraction of sp³-hybridized carbons (Fsp3) is 0.0323. The van der Waals surface area contributed by atoms with Crippen molar-refractivity contribution in [2.24, 2.45) is 9.98 Å². The zero-order valence-corrected chi connectivity index (χ0v) is 35.6. The monoisotopic (exact) mass is 829 g/mol. The summed E-state index contributed by atoms with van der Waals surface area (Å²) in [7, 11) is 0. The van der Waals surface area contributed by atoms with Gasteiger partial charge in [-0.25, -0.2) is 9.98 Å². The first kappa shape index (κ1) is 38.3. The molecular formula is C62H43N3. The Morgan fingerprint density at radius 2 is 0.908 bits per heavy atom. The molecule has 65 heavy (non-hydrogen) atoms. The fourth-order valence-electron chi connectivity index (χ4n) is 10.3. The van der Waals surface area contributed by atoms with Crippen LogP contribution in [0.15, 0.2) is 259 Å². The van der Waals surface area contributed by atoms with E-state index in [9.17, 15) is 0 Å². The van der Waals surface area contributed by atoms with Crippen LogP contribution in [-0.4, -0.2) is 11.7 Å². The molecule has 1 atom stereocenters. The Bertz CT molecular complexity index is 3390. The summed E-state index contributed by atoms with van der Waals surface area (Å²) in [5.74, 6) is 1.48. The molecule has 1 N–H and O–H groups in total. The van der Waals surface area contributed by atoms with Crippen molar-refractivity contribution in [3.05, 3.63) is 288 Å². The summed E-state index contributed by atoms with van der Waals surface area (Å²) in [6.07, 6.45) is -0.314. The Balaban J connectivity index is 1.03. The van der Waals surface area contributed by atoms with Crippen molar-refractivity contribution in [2.45, 2.75) is 11.6 Å². The normalized spacial score (nSPS) is 14.7. The van der Waals surface area contributed by atoms with Crippen molar-refractivity contribution in [3.8, 4) is 44.5 Å². The molecule has 306 valence electrons. The molecule has 2 aliphatic rings. The summed E-state index contributed by atoms with van der Waals surface area (Å²) in [6.45, 7) is 0. The van der Waals surface area contributed by atoms with Gasteiger partial charge < -0.3 is 5.32 Å². The molecule has 3 nitrogen and oxygen atoms in total. The second-order valence-corrected chi connectivity index (χ2v) is 16.9. The van der Waals surface area contributed by atoms with Crippen LogP contribution in [0.2, 0.25) is 0 Å². The van der Waals surface area contributed by atoms with Gasteiger partial charge in [0.1, 0.15) is 12.0 Å². The third-order valence-electron chi connectivity index (χ3n) is 13.2. The van der Waals surface area contributed by atoms with Gasteiger partial charge in [0.15, 0.2) is 5.84 Å². The highest BCUT2D eigenvalue weighted by Gasteiger charge is 2.46. The van der Waals surface area contributed by atoms with Crippen LogP contribution in [0, 0.1) is 0 Å². The van der Waals surface area contributed by atoms with Gasteiger partial charge in [0.05, 0.1) is 5.41 Å². The first-order chi connectivity index (χ1) is 32.2. The average molecular weight is 830 g/mol. The van der Waals surface area contributed by atoms with Gasteiger partial charge >= 0.3 is 0 Å². The summed E-state index contributed by atoms with van der Waals surface area (Å²) >= 11 is 0. The predicted molar refractivity (Wildman–Crippen MR) is 269 cm³/mol. The summed E-state index contributed by atoms with van der Waals surface area (Å²) in [5.41, 5.74) is 17.2. The molecule has 10 aromatic carbocycles. The van der Waals surface area contributed by atoms with Crippen LogP contribution < -0.4 is 5.32 Å². The van der Waals surface area contributed by atoms with Gasteiger partial charge in [0, 0.05) is 11.1 Å². The fourth-order valence-corrected chi connectivity index (χ4v) is 10.3. The van der Waals surface area contributed by atoms with E-state index in [4.69, 9.17) is 9.98 Å². The van der Waals surface area contributed by atoms with Crippen molar-refractivity contribution in [1.82, 2.24) is 5.32 Å². The number of aliphatic imine (C=N–C) groups is 2. The second-order valence-electron chi connectivity index (χ2n) is 16.9. The summed E-state index contributed by atoms with van der Waals surface area (Å²) in [6, 6.07) is 89.8. The van der Waals surface area contributed by atoms with Crippen molar-refractivity contribution in [2.75, 3.05) is 0 Å². The number of nitrogens with zero attached hydrogens (tertiary/aromatic N) is 2. The molecule has 1 aliphatic carbocycles. The van der Waals surface area contributed by atoms with Crippen molar-refractivity contribution >= 4 is 22.4 Å². The zero-order valence-electron chi connectivity index (χ0n) is 35.6. The number of rotatable bonds is 8. The lowest BCUT2D eigenvalue weighted by Gasteiger charge is -2.34. The highest BCUT2D eigenvalue weighted by atomic mass is 15.2. The van der Waals surface area contributed by atoms with Gasteiger partial charge in [-0.15, -0.1) is 0 Å². The number of fused-ring (bicyclic) bond motifs is 4. The average Bonchev–Trinajstić information content (AvgIpc) is 3.70. The third kappa shape index (κ3) is 6.51. The maximum atomic E-state index is 5.28. The van der Waals surface area contributed by atoms with Crippen molar-refractivity contribution in [1.29, 1.82) is 0 Å². The van der Waals surface area contributed by atoms with Crippen LogP contribution in [0.5, 0.6) is 0 Å². The SMILES string of the molecule is c1ccc(-c2ccc(C3=NC(c4ccccc4)NC(c4cccc(-c5c(-c6cccc7c6-c6ccccc6C7(c6ccccc6)c6ccccc6)ccc6ccccc56)c4)=N3)cc2)cc1. The van der Waals surface area contributed by atoms with Crippen molar-refractivity contribution < 1.29 is 0 Å². The minimum Gasteiger partial charge on any atom is -0.344 e. The van der Waals surface area contributed by atoms with E-state index in [1.165, 1.54) is 66.4 Å². The van der Waals surface area contributed by atoms with Gasteiger partial charge in [-0.05, 0) is 89.2 Å². The summed E-state index contributed by atoms with van der Waals surface area (Å²) < 4.78 is 0. The first-order valence-electron chi connectivity index (χ1n) is 22.4. The van der Waals surface area contributed by atoms with Crippen LogP contribution >= 0.6 is 0 Å². The molecule has 0 spiro atoms. The summed E-state index contributed by atoms with van der Waals surface area (Å²) in [4.78, 5) is 10.5. The number of nitrogens with one attached hydrogen (secondary N) is 1. The lowest BCUT2D eigenvalue weighted by Crippen LogP contribution is -2.33. The molecule has 0 aromatic heterocycles. The second kappa shape index (κ2) is 16.1. The predicted octanol–water partition coefficient (Wildman–Crippen LogP) is 14.7. The number of hydrogen-bond acceptors (Lipinski definition) is 3. The maximum absolute atomic E-state index is 5.28. The van der Waals surface area contributed by atoms with Crippen molar-refractivity contribution in [3.63, 3.8) is 0 Å². The Morgan fingerprint density at radius 1 is 0.369 bits per heavy atom. The van der Waals surface area contributed by atoms with E-state index in [1.807, 2.05) is 12.1 Å². The third-order valence-corrected chi connectivity index (χ3v) is 13.2. The number of hydrogen-bond donors (Lipinski definition) is 1. The Morgan fingerprint density at radius 3 is 1.66 bits per heavy atom. The van der Waals surface area contributed by atoms with Crippen LogP contribution in [-0.2, 0) is 5.41 Å². The Labute approximate surface area is 379 Å². The molecule has 1 heterocycles. The van der Waals surface area contributed by atoms with Crippen LogP contribution in [0.3, 0.4) is 0 Å². The standard InChI is InChI=1S/C62H43N3/c1-5-19-42(20-6-1)43-35-37-46(38-36-43)60-63-59(45-22-7-2-8-23-45)64-61(65-60)48-25-17-24-47(41-48)57-51-30-14-13-21-44(51)39-40-53(57)52-32-18-34-56-58(52)54-31-15-16-33-55(54)62(56,49-26-9-3-10-27-49)50-28-11-4-12-29-50/h1-41,59H,(H,63,64,65). The molecule has 0 fully saturated rings. The number of amidine groups is 2. The molecule has 3 heteroatoms. The minimum atomic E-state index is -0.497. The lowest BCUT2D eigenvalue weighted by molar-refractivity contribution is 0.674. The van der Waals surface area contributed by atoms with E-state index in [1.54, 1.807) is 0 Å². The zero-order chi connectivity index (χ0) is 43.2. The van der Waals surface area contributed by atoms with E-state index >= 15 is 0 Å². The molecule has 10 aromatic rings. The van der Waals surface area contributed by atoms with E-state index < -0.39 is 5.41 Å². The van der Waals surface area contributed by atoms with Crippen LogP contribution in [0.4, 0.5) is 0 Å². The highest BCUT2D eigenvalue weighted by Crippen LogP contribution is 2.59. The van der Waals surface area contributed by atoms with Gasteiger partial charge in [-0.2, -0.15) is 0 Å². The largest absolute Gasteiger partial charge is 0.344 e. The number of benzene rings is 10. The molecule has 12 rings (SSSR count). The smallest absolute Gasteiger partial charge is 0.159 e. The molecule has 0 amide bonds. The van der Waals surface area contributed by atoms with Gasteiger partial charge in [0.25, 0.3) is 0 Å². The molecule has 1 unspecified atom stereocenters. The molecule has 0 saturated heterocycles. The van der Waals surface area contributed by atoms with E-state index in [0.717, 1.165) is 33.7 Å². The topological polar surface area (TPSA) is 36.8 Å². The van der Waals surface area contributed by atoms with Crippen LogP contribution in [0.1, 0.15) is 45.1 Å². The molecular weight excluding hydrogens is 787 g/mol.